The van der Waals surface area contributed by atoms with Gasteiger partial charge in [0.2, 0.25) is 5.91 Å². The molecule has 2 aromatic carbocycles. The molecule has 1 fully saturated rings. The highest BCUT2D eigenvalue weighted by Gasteiger charge is 2.18. The molecular weight excluding hydrogens is 402 g/mol. The van der Waals surface area contributed by atoms with Gasteiger partial charge in [-0.15, -0.1) is 0 Å². The quantitative estimate of drug-likeness (QED) is 0.453. The Labute approximate surface area is 179 Å². The topological polar surface area (TPSA) is 65.1 Å². The molecule has 0 bridgehead atoms. The number of carbonyl (C=O) groups excluding carboxylic acids is 1. The lowest BCUT2D eigenvalue weighted by molar-refractivity contribution is -0.125. The molecule has 0 radical (unpaired) electrons. The van der Waals surface area contributed by atoms with Crippen molar-refractivity contribution in [3.8, 4) is 17.2 Å². The summed E-state index contributed by atoms with van der Waals surface area (Å²) in [5.41, 5.74) is 0.847. The van der Waals surface area contributed by atoms with Crippen molar-refractivity contribution in [3.63, 3.8) is 0 Å². The molecule has 0 unspecified atom stereocenters. The maximum absolute atomic E-state index is 12.3. The van der Waals surface area contributed by atoms with Gasteiger partial charge in [0, 0.05) is 41.5 Å². The summed E-state index contributed by atoms with van der Waals surface area (Å²) in [5.74, 6) is 3.09. The van der Waals surface area contributed by atoms with Crippen molar-refractivity contribution in [2.45, 2.75) is 6.92 Å². The van der Waals surface area contributed by atoms with Crippen molar-refractivity contribution in [2.75, 3.05) is 44.4 Å². The third kappa shape index (κ3) is 6.62. The Kier molecular flexibility index (Phi) is 8.32. The van der Waals surface area contributed by atoms with Gasteiger partial charge in [-0.25, -0.2) is 0 Å². The van der Waals surface area contributed by atoms with Gasteiger partial charge in [-0.2, -0.15) is 0 Å². The van der Waals surface area contributed by atoms with Crippen LogP contribution in [-0.4, -0.2) is 59.4 Å². The van der Waals surface area contributed by atoms with Gasteiger partial charge < -0.3 is 19.1 Å². The van der Waals surface area contributed by atoms with Crippen molar-refractivity contribution >= 4 is 22.8 Å². The third-order valence-electron chi connectivity index (χ3n) is 4.53. The van der Waals surface area contributed by atoms with Crippen LogP contribution in [0.15, 0.2) is 54.6 Å². The molecule has 0 spiro atoms. The summed E-state index contributed by atoms with van der Waals surface area (Å²) in [6.07, 6.45) is 3.31. The zero-order chi connectivity index (χ0) is 21.2. The van der Waals surface area contributed by atoms with Crippen LogP contribution in [0, 0.1) is 0 Å². The molecule has 0 N–H and O–H groups in total. The second-order valence-corrected chi connectivity index (χ2v) is 8.35. The first-order chi connectivity index (χ1) is 14.7. The predicted octanol–water partition coefficient (Wildman–Crippen LogP) is 3.15. The lowest BCUT2D eigenvalue weighted by Gasteiger charge is -2.25. The summed E-state index contributed by atoms with van der Waals surface area (Å²) < 4.78 is 28.6. The Morgan fingerprint density at radius 2 is 1.73 bits per heavy atom. The highest BCUT2D eigenvalue weighted by atomic mass is 32.2. The molecule has 1 amide bonds. The fourth-order valence-electron chi connectivity index (χ4n) is 2.97. The van der Waals surface area contributed by atoms with E-state index in [-0.39, 0.29) is 5.91 Å². The molecule has 1 saturated heterocycles. The number of amides is 1. The summed E-state index contributed by atoms with van der Waals surface area (Å²) in [7, 11) is -0.798. The lowest BCUT2D eigenvalue weighted by Crippen LogP contribution is -2.40. The first-order valence-corrected chi connectivity index (χ1v) is 11.5. The highest BCUT2D eigenvalue weighted by molar-refractivity contribution is 7.85. The zero-order valence-electron chi connectivity index (χ0n) is 17.1. The van der Waals surface area contributed by atoms with E-state index in [1.54, 1.807) is 17.1 Å². The molecule has 0 aromatic heterocycles. The molecule has 0 aliphatic carbocycles. The fourth-order valence-corrected chi connectivity index (χ4v) is 4.03. The standard InChI is InChI=1S/C23H27NO5S/c1-2-27-22-18-19(9-11-23(25)24-12-16-30(26)17-13-24)8-10-21(22)29-15-14-28-20-6-4-3-5-7-20/h3-11,18H,2,12-17H2,1H3/b11-9+. The molecule has 1 heterocycles. The van der Waals surface area contributed by atoms with E-state index in [0.717, 1.165) is 11.3 Å². The largest absolute Gasteiger partial charge is 0.490 e. The van der Waals surface area contributed by atoms with Crippen LogP contribution in [0.5, 0.6) is 17.2 Å². The van der Waals surface area contributed by atoms with E-state index < -0.39 is 10.8 Å². The zero-order valence-corrected chi connectivity index (χ0v) is 17.9. The van der Waals surface area contributed by atoms with E-state index in [4.69, 9.17) is 14.2 Å². The molecule has 30 heavy (non-hydrogen) atoms. The fraction of sp³-hybridized carbons (Fsp3) is 0.348. The van der Waals surface area contributed by atoms with E-state index in [2.05, 4.69) is 0 Å². The van der Waals surface area contributed by atoms with Crippen LogP contribution in [0.25, 0.3) is 6.08 Å². The van der Waals surface area contributed by atoms with Gasteiger partial charge in [0.1, 0.15) is 19.0 Å². The Hall–Kier alpha value is -2.80. The molecule has 1 aliphatic rings. The second kappa shape index (κ2) is 11.4. The molecule has 160 valence electrons. The van der Waals surface area contributed by atoms with Gasteiger partial charge >= 0.3 is 0 Å². The van der Waals surface area contributed by atoms with Gasteiger partial charge in [0.05, 0.1) is 6.61 Å². The minimum Gasteiger partial charge on any atom is -0.490 e. The Morgan fingerprint density at radius 3 is 2.47 bits per heavy atom. The van der Waals surface area contributed by atoms with Gasteiger partial charge in [-0.1, -0.05) is 24.3 Å². The first-order valence-electron chi connectivity index (χ1n) is 10.0. The molecule has 3 rings (SSSR count). The van der Waals surface area contributed by atoms with E-state index in [1.807, 2.05) is 55.5 Å². The Morgan fingerprint density at radius 1 is 1.00 bits per heavy atom. The van der Waals surface area contributed by atoms with Crippen molar-refractivity contribution < 1.29 is 23.2 Å². The maximum Gasteiger partial charge on any atom is 0.246 e. The van der Waals surface area contributed by atoms with Gasteiger partial charge in [0.15, 0.2) is 11.5 Å². The molecule has 6 nitrogen and oxygen atoms in total. The summed E-state index contributed by atoms with van der Waals surface area (Å²) in [6.45, 7) is 4.31. The number of ether oxygens (including phenoxy) is 3. The summed E-state index contributed by atoms with van der Waals surface area (Å²) in [4.78, 5) is 14.0. The van der Waals surface area contributed by atoms with Gasteiger partial charge in [-0.3, -0.25) is 9.00 Å². The number of rotatable bonds is 9. The smallest absolute Gasteiger partial charge is 0.246 e. The first kappa shape index (κ1) is 21.9. The van der Waals surface area contributed by atoms with Crippen molar-refractivity contribution in [2.24, 2.45) is 0 Å². The number of nitrogens with zero attached hydrogens (tertiary/aromatic N) is 1. The molecule has 1 aliphatic heterocycles. The van der Waals surface area contributed by atoms with Crippen LogP contribution in [0.3, 0.4) is 0 Å². The van der Waals surface area contributed by atoms with E-state index in [9.17, 15) is 9.00 Å². The summed E-state index contributed by atoms with van der Waals surface area (Å²) in [6, 6.07) is 15.2. The van der Waals surface area contributed by atoms with Crippen LogP contribution in [0.1, 0.15) is 12.5 Å². The van der Waals surface area contributed by atoms with Crippen LogP contribution in [-0.2, 0) is 15.6 Å². The van der Waals surface area contributed by atoms with Crippen molar-refractivity contribution in [3.05, 3.63) is 60.2 Å². The van der Waals surface area contributed by atoms with Crippen LogP contribution in [0.4, 0.5) is 0 Å². The Balaban J connectivity index is 1.55. The maximum atomic E-state index is 12.3. The molecule has 7 heteroatoms. The van der Waals surface area contributed by atoms with Crippen LogP contribution < -0.4 is 14.2 Å². The van der Waals surface area contributed by atoms with E-state index in [0.29, 0.717) is 55.9 Å². The summed E-state index contributed by atoms with van der Waals surface area (Å²) in [5, 5.41) is 0. The van der Waals surface area contributed by atoms with Gasteiger partial charge in [-0.05, 0) is 42.8 Å². The van der Waals surface area contributed by atoms with E-state index >= 15 is 0 Å². The minimum atomic E-state index is -0.798. The second-order valence-electron chi connectivity index (χ2n) is 6.66. The molecule has 2 aromatic rings. The predicted molar refractivity (Wildman–Crippen MR) is 119 cm³/mol. The average Bonchev–Trinajstić information content (AvgIpc) is 2.77. The number of hydrogen-bond donors (Lipinski definition) is 0. The average molecular weight is 430 g/mol. The van der Waals surface area contributed by atoms with Crippen molar-refractivity contribution in [1.82, 2.24) is 4.90 Å². The number of benzene rings is 2. The normalized spacial score (nSPS) is 14.6. The summed E-state index contributed by atoms with van der Waals surface area (Å²) >= 11 is 0. The SMILES string of the molecule is CCOc1cc(/C=C/C(=O)N2CCS(=O)CC2)ccc1OCCOc1ccccc1. The van der Waals surface area contributed by atoms with E-state index in [1.165, 1.54) is 0 Å². The van der Waals surface area contributed by atoms with Gasteiger partial charge in [0.25, 0.3) is 0 Å². The molecule has 0 atom stereocenters. The number of carbonyl (C=O) groups is 1. The molecule has 0 saturated carbocycles. The van der Waals surface area contributed by atoms with Crippen molar-refractivity contribution in [1.29, 1.82) is 0 Å². The number of para-hydroxylation sites is 1. The number of hydrogen-bond acceptors (Lipinski definition) is 5. The molecular formula is C23H27NO5S. The van der Waals surface area contributed by atoms with Crippen LogP contribution in [0.2, 0.25) is 0 Å². The lowest BCUT2D eigenvalue weighted by atomic mass is 10.2. The van der Waals surface area contributed by atoms with Crippen LogP contribution >= 0.6 is 0 Å². The minimum absolute atomic E-state index is 0.0666. The highest BCUT2D eigenvalue weighted by Crippen LogP contribution is 2.29. The monoisotopic (exact) mass is 429 g/mol. The third-order valence-corrected chi connectivity index (χ3v) is 5.80. The Bertz CT molecular complexity index is 874.